The summed E-state index contributed by atoms with van der Waals surface area (Å²) in [6, 6.07) is 0.938. The van der Waals surface area contributed by atoms with E-state index in [9.17, 15) is 0 Å². The number of allylic oxidation sites excluding steroid dienone is 6. The molecule has 25 heavy (non-hydrogen) atoms. The van der Waals surface area contributed by atoms with Gasteiger partial charge in [0.25, 0.3) is 0 Å². The van der Waals surface area contributed by atoms with Crippen LogP contribution in [0.4, 0.5) is 0 Å². The van der Waals surface area contributed by atoms with Crippen LogP contribution in [0.25, 0.3) is 0 Å². The Hall–Kier alpha value is -1.32. The van der Waals surface area contributed by atoms with Crippen molar-refractivity contribution < 1.29 is 0 Å². The van der Waals surface area contributed by atoms with Crippen LogP contribution < -0.4 is 11.1 Å². The molecule has 0 bridgehead atoms. The zero-order valence-electron chi connectivity index (χ0n) is 16.5. The third kappa shape index (κ3) is 5.58. The van der Waals surface area contributed by atoms with Crippen molar-refractivity contribution in [3.63, 3.8) is 0 Å². The Labute approximate surface area is 154 Å². The summed E-state index contributed by atoms with van der Waals surface area (Å²) >= 11 is 0. The monoisotopic (exact) mass is 343 g/mol. The van der Waals surface area contributed by atoms with Gasteiger partial charge in [-0.15, -0.1) is 0 Å². The Morgan fingerprint density at radius 1 is 1.28 bits per heavy atom. The van der Waals surface area contributed by atoms with Gasteiger partial charge in [-0.2, -0.15) is 0 Å². The van der Waals surface area contributed by atoms with Gasteiger partial charge in [0.15, 0.2) is 0 Å². The number of hydrogen-bond donors (Lipinski definition) is 2. The molecule has 1 saturated heterocycles. The van der Waals surface area contributed by atoms with Crippen LogP contribution in [0.15, 0.2) is 47.2 Å². The molecule has 140 valence electrons. The lowest BCUT2D eigenvalue weighted by Gasteiger charge is -2.36. The van der Waals surface area contributed by atoms with E-state index in [-0.39, 0.29) is 0 Å². The maximum Gasteiger partial charge on any atom is 0.0472 e. The summed E-state index contributed by atoms with van der Waals surface area (Å²) in [6.45, 7) is 14.1. The number of nitrogens with zero attached hydrogens (tertiary/aromatic N) is 1. The Kier molecular flexibility index (Phi) is 7.98. The number of likely N-dealkylation sites (tertiary alicyclic amines) is 1. The smallest absolute Gasteiger partial charge is 0.0472 e. The van der Waals surface area contributed by atoms with E-state index in [4.69, 9.17) is 5.73 Å². The van der Waals surface area contributed by atoms with E-state index in [1.54, 1.807) is 0 Å². The summed E-state index contributed by atoms with van der Waals surface area (Å²) in [5, 5.41) is 3.87. The molecule has 0 spiro atoms. The first-order valence-corrected chi connectivity index (χ1v) is 10.0. The molecule has 0 aromatic rings. The first-order chi connectivity index (χ1) is 12.1. The van der Waals surface area contributed by atoms with Crippen molar-refractivity contribution in [1.82, 2.24) is 10.2 Å². The van der Waals surface area contributed by atoms with E-state index in [2.05, 4.69) is 43.6 Å². The fraction of sp³-hybridized carbons (Fsp3) is 0.636. The Morgan fingerprint density at radius 2 is 2.00 bits per heavy atom. The predicted molar refractivity (Wildman–Crippen MR) is 109 cm³/mol. The molecule has 0 aromatic carbocycles. The van der Waals surface area contributed by atoms with Crippen LogP contribution in [-0.4, -0.2) is 36.6 Å². The third-order valence-corrected chi connectivity index (χ3v) is 5.47. The van der Waals surface area contributed by atoms with Gasteiger partial charge < -0.3 is 16.0 Å². The lowest BCUT2D eigenvalue weighted by Crippen LogP contribution is -2.48. The normalized spacial score (nSPS) is 23.2. The van der Waals surface area contributed by atoms with Crippen molar-refractivity contribution in [2.75, 3.05) is 19.6 Å². The molecular weight excluding hydrogens is 306 g/mol. The lowest BCUT2D eigenvalue weighted by molar-refractivity contribution is 0.191. The maximum absolute atomic E-state index is 6.64. The van der Waals surface area contributed by atoms with Crippen LogP contribution in [0.1, 0.15) is 59.3 Å². The Balaban J connectivity index is 2.06. The second-order valence-corrected chi connectivity index (χ2v) is 7.67. The summed E-state index contributed by atoms with van der Waals surface area (Å²) in [6.07, 6.45) is 13.2. The highest BCUT2D eigenvalue weighted by molar-refractivity contribution is 5.47. The highest BCUT2D eigenvalue weighted by Crippen LogP contribution is 2.31. The highest BCUT2D eigenvalue weighted by atomic mass is 15.1. The highest BCUT2D eigenvalue weighted by Gasteiger charge is 2.26. The van der Waals surface area contributed by atoms with Gasteiger partial charge in [0.05, 0.1) is 0 Å². The van der Waals surface area contributed by atoms with Crippen molar-refractivity contribution >= 4 is 0 Å². The first kappa shape index (κ1) is 20.0. The van der Waals surface area contributed by atoms with Crippen LogP contribution in [0.2, 0.25) is 0 Å². The van der Waals surface area contributed by atoms with Gasteiger partial charge in [-0.25, -0.2) is 0 Å². The summed E-state index contributed by atoms with van der Waals surface area (Å²) in [4.78, 5) is 2.59. The van der Waals surface area contributed by atoms with Crippen molar-refractivity contribution in [3.8, 4) is 0 Å². The molecule has 1 aliphatic carbocycles. The SMILES string of the molecule is C=C/C=C\C(=C(C)C)C1=C(N)C(NC2CCN(CCC)CC2)CCC1. The Morgan fingerprint density at radius 3 is 2.60 bits per heavy atom. The molecule has 0 saturated carbocycles. The van der Waals surface area contributed by atoms with E-state index in [0.29, 0.717) is 12.1 Å². The molecule has 1 fully saturated rings. The molecule has 3 heteroatoms. The molecule has 1 unspecified atom stereocenters. The molecule has 2 rings (SSSR count). The molecule has 3 nitrogen and oxygen atoms in total. The zero-order valence-corrected chi connectivity index (χ0v) is 16.5. The Bertz CT molecular complexity index is 529. The van der Waals surface area contributed by atoms with Crippen LogP contribution in [0.5, 0.6) is 0 Å². The molecular formula is C22H37N3. The van der Waals surface area contributed by atoms with Crippen LogP contribution >= 0.6 is 0 Å². The van der Waals surface area contributed by atoms with Gasteiger partial charge in [0.2, 0.25) is 0 Å². The van der Waals surface area contributed by atoms with Crippen molar-refractivity contribution in [3.05, 3.63) is 47.2 Å². The summed E-state index contributed by atoms with van der Waals surface area (Å²) in [5.74, 6) is 0. The van der Waals surface area contributed by atoms with E-state index in [1.807, 2.05) is 12.2 Å². The minimum absolute atomic E-state index is 0.331. The molecule has 0 amide bonds. The standard InChI is InChI=1S/C22H37N3/c1-5-7-9-19(17(3)4)20-10-8-11-21(22(20)23)24-18-12-15-25(14-6-2)16-13-18/h5,7,9,18,21,24H,1,6,8,10-16,23H2,2-4H3/b9-7-. The van der Waals surface area contributed by atoms with E-state index < -0.39 is 0 Å². The van der Waals surface area contributed by atoms with Gasteiger partial charge in [0.1, 0.15) is 0 Å². The van der Waals surface area contributed by atoms with Gasteiger partial charge in [-0.05, 0) is 83.2 Å². The largest absolute Gasteiger partial charge is 0.401 e. The second kappa shape index (κ2) is 9.98. The lowest BCUT2D eigenvalue weighted by atomic mass is 9.85. The maximum atomic E-state index is 6.64. The van der Waals surface area contributed by atoms with E-state index in [1.165, 1.54) is 62.0 Å². The molecule has 3 N–H and O–H groups in total. The van der Waals surface area contributed by atoms with Crippen LogP contribution in [-0.2, 0) is 0 Å². The molecule has 1 aliphatic heterocycles. The van der Waals surface area contributed by atoms with Gasteiger partial charge in [-0.1, -0.05) is 37.3 Å². The molecule has 0 radical (unpaired) electrons. The average Bonchev–Trinajstić information content (AvgIpc) is 2.60. The summed E-state index contributed by atoms with van der Waals surface area (Å²) in [5.41, 5.74) is 11.7. The van der Waals surface area contributed by atoms with Crippen molar-refractivity contribution in [2.24, 2.45) is 5.73 Å². The molecule has 2 aliphatic rings. The van der Waals surface area contributed by atoms with Gasteiger partial charge >= 0.3 is 0 Å². The number of nitrogens with one attached hydrogen (secondary N) is 1. The topological polar surface area (TPSA) is 41.3 Å². The van der Waals surface area contributed by atoms with E-state index in [0.717, 1.165) is 18.5 Å². The average molecular weight is 344 g/mol. The number of piperidine rings is 1. The van der Waals surface area contributed by atoms with Gasteiger partial charge in [-0.3, -0.25) is 0 Å². The summed E-state index contributed by atoms with van der Waals surface area (Å²) in [7, 11) is 0. The van der Waals surface area contributed by atoms with Crippen molar-refractivity contribution in [1.29, 1.82) is 0 Å². The quantitative estimate of drug-likeness (QED) is 0.677. The zero-order chi connectivity index (χ0) is 18.2. The fourth-order valence-corrected chi connectivity index (χ4v) is 4.11. The fourth-order valence-electron chi connectivity index (χ4n) is 4.11. The molecule has 0 aromatic heterocycles. The van der Waals surface area contributed by atoms with E-state index >= 15 is 0 Å². The van der Waals surface area contributed by atoms with Gasteiger partial charge in [0, 0.05) is 17.8 Å². The molecule has 1 heterocycles. The predicted octanol–water partition coefficient (Wildman–Crippen LogP) is 4.29. The second-order valence-electron chi connectivity index (χ2n) is 7.67. The minimum Gasteiger partial charge on any atom is -0.401 e. The van der Waals surface area contributed by atoms with Crippen LogP contribution in [0, 0.1) is 0 Å². The minimum atomic E-state index is 0.331. The number of nitrogens with two attached hydrogens (primary N) is 1. The summed E-state index contributed by atoms with van der Waals surface area (Å²) < 4.78 is 0. The van der Waals surface area contributed by atoms with Crippen LogP contribution in [0.3, 0.4) is 0 Å². The first-order valence-electron chi connectivity index (χ1n) is 10.0. The number of rotatable bonds is 7. The third-order valence-electron chi connectivity index (χ3n) is 5.47. The number of hydrogen-bond acceptors (Lipinski definition) is 3. The van der Waals surface area contributed by atoms with Crippen molar-refractivity contribution in [2.45, 2.75) is 71.4 Å². The molecule has 1 atom stereocenters.